The highest BCUT2D eigenvalue weighted by Gasteiger charge is 2.51. The Labute approximate surface area is 98.4 Å². The summed E-state index contributed by atoms with van der Waals surface area (Å²) in [6.07, 6.45) is 5.31. The zero-order valence-electron chi connectivity index (χ0n) is 10.8. The minimum Gasteiger partial charge on any atom is -0.399 e. The molecule has 0 unspecified atom stereocenters. The lowest BCUT2D eigenvalue weighted by Crippen LogP contribution is -2.41. The maximum Gasteiger partial charge on any atom is 0.494 e. The van der Waals surface area contributed by atoms with Crippen LogP contribution in [0.3, 0.4) is 0 Å². The van der Waals surface area contributed by atoms with Gasteiger partial charge in [-0.2, -0.15) is 0 Å². The highest BCUT2D eigenvalue weighted by Crippen LogP contribution is 2.38. The quantitative estimate of drug-likeness (QED) is 0.416. The van der Waals surface area contributed by atoms with Crippen LogP contribution in [0.15, 0.2) is 29.2 Å². The standard InChI is InChI=1S/C12H20BNO2/c1-7-10(8-9-14-6)13-15-11(2,3)12(4,5)16-13/h7-9H,1H2,2-6H3/b10-8+,14-9?. The number of hydrogen-bond donors (Lipinski definition) is 0. The number of rotatable bonds is 3. The summed E-state index contributed by atoms with van der Waals surface area (Å²) in [5.74, 6) is 0. The first kappa shape index (κ1) is 13.2. The first-order valence-electron chi connectivity index (χ1n) is 5.44. The van der Waals surface area contributed by atoms with Crippen LogP contribution in [0.5, 0.6) is 0 Å². The smallest absolute Gasteiger partial charge is 0.399 e. The molecule has 16 heavy (non-hydrogen) atoms. The van der Waals surface area contributed by atoms with Crippen molar-refractivity contribution in [1.82, 2.24) is 0 Å². The van der Waals surface area contributed by atoms with Crippen molar-refractivity contribution in [3.63, 3.8) is 0 Å². The minimum atomic E-state index is -0.361. The van der Waals surface area contributed by atoms with E-state index in [2.05, 4.69) is 11.6 Å². The van der Waals surface area contributed by atoms with Gasteiger partial charge in [0, 0.05) is 13.3 Å². The predicted molar refractivity (Wildman–Crippen MR) is 68.8 cm³/mol. The van der Waals surface area contributed by atoms with Crippen LogP contribution < -0.4 is 0 Å². The Bertz CT molecular complexity index is 316. The Kier molecular flexibility index (Phi) is 3.76. The molecule has 0 aromatic heterocycles. The fourth-order valence-electron chi connectivity index (χ4n) is 1.38. The second-order valence-electron chi connectivity index (χ2n) is 4.87. The van der Waals surface area contributed by atoms with E-state index in [0.717, 1.165) is 5.47 Å². The van der Waals surface area contributed by atoms with Crippen LogP contribution in [0.4, 0.5) is 0 Å². The Morgan fingerprint density at radius 3 is 2.06 bits per heavy atom. The molecule has 1 fully saturated rings. The molecule has 4 heteroatoms. The van der Waals surface area contributed by atoms with Gasteiger partial charge in [0.2, 0.25) is 0 Å². The van der Waals surface area contributed by atoms with Gasteiger partial charge in [-0.3, -0.25) is 4.99 Å². The first-order valence-corrected chi connectivity index (χ1v) is 5.44. The topological polar surface area (TPSA) is 30.8 Å². The number of hydrogen-bond acceptors (Lipinski definition) is 3. The lowest BCUT2D eigenvalue weighted by atomic mass is 9.78. The zero-order chi connectivity index (χ0) is 12.4. The van der Waals surface area contributed by atoms with Crippen molar-refractivity contribution < 1.29 is 9.31 Å². The number of allylic oxidation sites excluding steroid dienone is 3. The third-order valence-electron chi connectivity index (χ3n) is 3.18. The molecule has 0 atom stereocenters. The van der Waals surface area contributed by atoms with Gasteiger partial charge in [-0.25, -0.2) is 0 Å². The van der Waals surface area contributed by atoms with Gasteiger partial charge < -0.3 is 9.31 Å². The van der Waals surface area contributed by atoms with Crippen LogP contribution in [0.2, 0.25) is 0 Å². The zero-order valence-corrected chi connectivity index (χ0v) is 10.8. The maximum atomic E-state index is 5.89. The van der Waals surface area contributed by atoms with Crippen molar-refractivity contribution in [3.8, 4) is 0 Å². The van der Waals surface area contributed by atoms with Gasteiger partial charge >= 0.3 is 7.12 Å². The van der Waals surface area contributed by atoms with E-state index < -0.39 is 0 Å². The molecule has 0 radical (unpaired) electrons. The van der Waals surface area contributed by atoms with E-state index in [-0.39, 0.29) is 18.3 Å². The molecule has 1 saturated heterocycles. The van der Waals surface area contributed by atoms with Crippen LogP contribution in [0.1, 0.15) is 27.7 Å². The molecule has 0 saturated carbocycles. The molecule has 1 heterocycles. The largest absolute Gasteiger partial charge is 0.494 e. The van der Waals surface area contributed by atoms with Crippen LogP contribution in [-0.2, 0) is 9.31 Å². The van der Waals surface area contributed by atoms with Crippen molar-refractivity contribution >= 4 is 13.3 Å². The molecule has 1 aliphatic heterocycles. The van der Waals surface area contributed by atoms with Crippen molar-refractivity contribution in [2.24, 2.45) is 4.99 Å². The first-order chi connectivity index (χ1) is 7.34. The van der Waals surface area contributed by atoms with Crippen molar-refractivity contribution in [2.75, 3.05) is 7.05 Å². The van der Waals surface area contributed by atoms with Crippen LogP contribution in [0, 0.1) is 0 Å². The summed E-state index contributed by atoms with van der Waals surface area (Å²) in [5, 5.41) is 0. The van der Waals surface area contributed by atoms with Crippen molar-refractivity contribution in [3.05, 3.63) is 24.2 Å². The highest BCUT2D eigenvalue weighted by atomic mass is 16.7. The molecule has 0 amide bonds. The lowest BCUT2D eigenvalue weighted by molar-refractivity contribution is 0.00578. The summed E-state index contributed by atoms with van der Waals surface area (Å²) in [4.78, 5) is 3.91. The summed E-state index contributed by atoms with van der Waals surface area (Å²) in [6.45, 7) is 11.9. The summed E-state index contributed by atoms with van der Waals surface area (Å²) < 4.78 is 11.8. The normalized spacial score (nSPS) is 24.1. The molecule has 88 valence electrons. The Balaban J connectivity index is 2.90. The van der Waals surface area contributed by atoms with E-state index in [1.54, 1.807) is 19.3 Å². The van der Waals surface area contributed by atoms with Crippen molar-refractivity contribution in [1.29, 1.82) is 0 Å². The lowest BCUT2D eigenvalue weighted by Gasteiger charge is -2.32. The monoisotopic (exact) mass is 221 g/mol. The molecule has 0 aromatic rings. The molecular weight excluding hydrogens is 201 g/mol. The fraction of sp³-hybridized carbons (Fsp3) is 0.583. The Morgan fingerprint density at radius 2 is 1.69 bits per heavy atom. The van der Waals surface area contributed by atoms with E-state index in [9.17, 15) is 0 Å². The molecule has 1 aliphatic rings. The molecule has 0 N–H and O–H groups in total. The van der Waals surface area contributed by atoms with Gasteiger partial charge in [-0.05, 0) is 39.2 Å². The van der Waals surface area contributed by atoms with E-state index in [1.165, 1.54) is 0 Å². The fourth-order valence-corrected chi connectivity index (χ4v) is 1.38. The van der Waals surface area contributed by atoms with Gasteiger partial charge in [-0.1, -0.05) is 12.7 Å². The summed E-state index contributed by atoms with van der Waals surface area (Å²) >= 11 is 0. The molecule has 3 nitrogen and oxygen atoms in total. The second-order valence-corrected chi connectivity index (χ2v) is 4.87. The second kappa shape index (κ2) is 4.56. The van der Waals surface area contributed by atoms with Gasteiger partial charge in [0.05, 0.1) is 11.2 Å². The third-order valence-corrected chi connectivity index (χ3v) is 3.18. The average molecular weight is 221 g/mol. The summed E-state index contributed by atoms with van der Waals surface area (Å²) in [6, 6.07) is 0. The highest BCUT2D eigenvalue weighted by molar-refractivity contribution is 6.56. The SMILES string of the molecule is C=C/C(=C\C=NC)B1OC(C)(C)C(C)(C)O1. The molecular formula is C12H20BNO2. The van der Waals surface area contributed by atoms with Crippen LogP contribution >= 0.6 is 0 Å². The van der Waals surface area contributed by atoms with Gasteiger partial charge in [0.25, 0.3) is 0 Å². The molecule has 0 bridgehead atoms. The average Bonchev–Trinajstić information content (AvgIpc) is 2.37. The van der Waals surface area contributed by atoms with E-state index in [0.29, 0.717) is 0 Å². The Hall–Kier alpha value is -0.865. The van der Waals surface area contributed by atoms with Gasteiger partial charge in [0.15, 0.2) is 0 Å². The number of nitrogens with zero attached hydrogens (tertiary/aromatic N) is 1. The Morgan fingerprint density at radius 1 is 1.19 bits per heavy atom. The maximum absolute atomic E-state index is 5.89. The van der Waals surface area contributed by atoms with E-state index in [1.807, 2.05) is 33.8 Å². The van der Waals surface area contributed by atoms with Crippen LogP contribution in [0.25, 0.3) is 0 Å². The van der Waals surface area contributed by atoms with Gasteiger partial charge in [0.1, 0.15) is 0 Å². The van der Waals surface area contributed by atoms with E-state index in [4.69, 9.17) is 9.31 Å². The van der Waals surface area contributed by atoms with Crippen LogP contribution in [-0.4, -0.2) is 31.6 Å². The summed E-state index contributed by atoms with van der Waals surface area (Å²) in [7, 11) is 1.36. The third kappa shape index (κ3) is 2.44. The predicted octanol–water partition coefficient (Wildman–Crippen LogP) is 2.43. The minimum absolute atomic E-state index is 0.316. The molecule has 1 rings (SSSR count). The number of aliphatic imine (C=N–C) groups is 1. The summed E-state index contributed by atoms with van der Waals surface area (Å²) in [5.41, 5.74) is 0.260. The molecule has 0 spiro atoms. The van der Waals surface area contributed by atoms with Crippen molar-refractivity contribution in [2.45, 2.75) is 38.9 Å². The molecule has 0 aromatic carbocycles. The molecule has 0 aliphatic carbocycles. The van der Waals surface area contributed by atoms with Gasteiger partial charge in [-0.15, -0.1) is 0 Å². The van der Waals surface area contributed by atoms with E-state index >= 15 is 0 Å².